The fraction of sp³-hybridized carbons (Fsp3) is 0.533. The molecular weight excluding hydrogens is 341 g/mol. The first-order valence-electron chi connectivity index (χ1n) is 7.33. The molecule has 1 aliphatic heterocycles. The van der Waals surface area contributed by atoms with Crippen LogP contribution < -0.4 is 10.6 Å². The lowest BCUT2D eigenvalue weighted by atomic mass is 10.3. The van der Waals surface area contributed by atoms with E-state index >= 15 is 0 Å². The van der Waals surface area contributed by atoms with Gasteiger partial charge in [0.1, 0.15) is 0 Å². The van der Waals surface area contributed by atoms with Crippen molar-refractivity contribution in [2.45, 2.75) is 11.3 Å². The molecule has 22 heavy (non-hydrogen) atoms. The van der Waals surface area contributed by atoms with E-state index in [4.69, 9.17) is 11.6 Å². The summed E-state index contributed by atoms with van der Waals surface area (Å²) in [5.41, 5.74) is 0. The molecule has 1 heterocycles. The Morgan fingerprint density at radius 1 is 1.32 bits per heavy atom. The third kappa shape index (κ3) is 7.20. The van der Waals surface area contributed by atoms with Crippen molar-refractivity contribution in [2.24, 2.45) is 0 Å². The molecule has 0 aromatic heterocycles. The highest BCUT2D eigenvalue weighted by molar-refractivity contribution is 7.99. The van der Waals surface area contributed by atoms with Gasteiger partial charge in [0.05, 0.1) is 5.02 Å². The summed E-state index contributed by atoms with van der Waals surface area (Å²) in [5.74, 6) is 0.869. The van der Waals surface area contributed by atoms with Crippen molar-refractivity contribution in [3.05, 3.63) is 29.3 Å². The summed E-state index contributed by atoms with van der Waals surface area (Å²) < 4.78 is 0. The Hall–Kier alpha value is -0.460. The molecule has 0 spiro atoms. The number of rotatable bonds is 7. The van der Waals surface area contributed by atoms with Crippen LogP contribution in [-0.4, -0.2) is 55.8 Å². The van der Waals surface area contributed by atoms with Gasteiger partial charge in [0.15, 0.2) is 0 Å². The quantitative estimate of drug-likeness (QED) is 0.729. The number of halogens is 2. The van der Waals surface area contributed by atoms with Gasteiger partial charge in [-0.3, -0.25) is 9.69 Å². The van der Waals surface area contributed by atoms with E-state index in [1.54, 1.807) is 11.8 Å². The molecular formula is C15H23Cl2N3OS. The number of hydrogen-bond acceptors (Lipinski definition) is 4. The molecule has 0 atom stereocenters. The van der Waals surface area contributed by atoms with Crippen molar-refractivity contribution >= 4 is 41.7 Å². The average Bonchev–Trinajstić information content (AvgIpc) is 2.50. The first-order valence-corrected chi connectivity index (χ1v) is 8.69. The van der Waals surface area contributed by atoms with Gasteiger partial charge in [-0.15, -0.1) is 24.2 Å². The lowest BCUT2D eigenvalue weighted by molar-refractivity contribution is -0.120. The second-order valence-corrected chi connectivity index (χ2v) is 6.51. The third-order valence-corrected chi connectivity index (χ3v) is 4.90. The van der Waals surface area contributed by atoms with Gasteiger partial charge in [-0.25, -0.2) is 0 Å². The Balaban J connectivity index is 0.00000242. The molecule has 0 saturated carbocycles. The van der Waals surface area contributed by atoms with Crippen molar-refractivity contribution in [3.8, 4) is 0 Å². The van der Waals surface area contributed by atoms with E-state index in [0.29, 0.717) is 6.42 Å². The maximum Gasteiger partial charge on any atom is 0.220 e. The SMILES string of the molecule is Cl.O=C(CCSc1ccccc1Cl)NCCN1CCNCC1. The Bertz CT molecular complexity index is 456. The standard InChI is InChI=1S/C15H22ClN3OS.ClH/c16-13-3-1-2-4-14(13)21-12-5-15(20)18-8-11-19-9-6-17-7-10-19;/h1-4,17H,5-12H2,(H,18,20);1H. The van der Waals surface area contributed by atoms with Crippen LogP contribution in [0.15, 0.2) is 29.2 Å². The number of benzene rings is 1. The van der Waals surface area contributed by atoms with E-state index in [-0.39, 0.29) is 18.3 Å². The van der Waals surface area contributed by atoms with E-state index in [1.165, 1.54) is 0 Å². The van der Waals surface area contributed by atoms with Gasteiger partial charge in [0, 0.05) is 56.3 Å². The first-order chi connectivity index (χ1) is 10.3. The van der Waals surface area contributed by atoms with Crippen LogP contribution in [0.3, 0.4) is 0 Å². The molecule has 1 fully saturated rings. The summed E-state index contributed by atoms with van der Waals surface area (Å²) in [6, 6.07) is 7.73. The highest BCUT2D eigenvalue weighted by Crippen LogP contribution is 2.26. The van der Waals surface area contributed by atoms with Crippen molar-refractivity contribution < 1.29 is 4.79 Å². The molecule has 124 valence electrons. The second kappa shape index (κ2) is 11.1. The van der Waals surface area contributed by atoms with Crippen LogP contribution in [0.2, 0.25) is 5.02 Å². The highest BCUT2D eigenvalue weighted by atomic mass is 35.5. The molecule has 1 amide bonds. The summed E-state index contributed by atoms with van der Waals surface area (Å²) in [6.45, 7) is 5.89. The molecule has 4 nitrogen and oxygen atoms in total. The molecule has 1 aliphatic rings. The number of hydrogen-bond donors (Lipinski definition) is 2. The van der Waals surface area contributed by atoms with Crippen molar-refractivity contribution in [1.29, 1.82) is 0 Å². The summed E-state index contributed by atoms with van der Waals surface area (Å²) in [6.07, 6.45) is 0.525. The molecule has 0 aliphatic carbocycles. The molecule has 1 saturated heterocycles. The number of piperazine rings is 1. The Labute approximate surface area is 147 Å². The molecule has 1 aromatic rings. The van der Waals surface area contributed by atoms with Gasteiger partial charge in [-0.05, 0) is 12.1 Å². The van der Waals surface area contributed by atoms with Crippen molar-refractivity contribution in [1.82, 2.24) is 15.5 Å². The molecule has 2 rings (SSSR count). The number of carbonyl (C=O) groups excluding carboxylic acids is 1. The molecule has 1 aromatic carbocycles. The van der Waals surface area contributed by atoms with Gasteiger partial charge < -0.3 is 10.6 Å². The number of amides is 1. The van der Waals surface area contributed by atoms with Gasteiger partial charge in [-0.1, -0.05) is 23.7 Å². The molecule has 0 bridgehead atoms. The van der Waals surface area contributed by atoms with Crippen LogP contribution in [0, 0.1) is 0 Å². The second-order valence-electron chi connectivity index (χ2n) is 4.97. The minimum Gasteiger partial charge on any atom is -0.355 e. The monoisotopic (exact) mass is 363 g/mol. The van der Waals surface area contributed by atoms with Gasteiger partial charge in [-0.2, -0.15) is 0 Å². The van der Waals surface area contributed by atoms with E-state index in [9.17, 15) is 4.79 Å². The van der Waals surface area contributed by atoms with Crippen molar-refractivity contribution in [3.63, 3.8) is 0 Å². The van der Waals surface area contributed by atoms with Crippen LogP contribution >= 0.6 is 35.8 Å². The van der Waals surface area contributed by atoms with Gasteiger partial charge in [0.25, 0.3) is 0 Å². The fourth-order valence-electron chi connectivity index (χ4n) is 2.19. The zero-order valence-electron chi connectivity index (χ0n) is 12.5. The minimum atomic E-state index is 0. The van der Waals surface area contributed by atoms with E-state index in [2.05, 4.69) is 15.5 Å². The first kappa shape index (κ1) is 19.6. The minimum absolute atomic E-state index is 0. The largest absolute Gasteiger partial charge is 0.355 e. The zero-order chi connectivity index (χ0) is 14.9. The summed E-state index contributed by atoms with van der Waals surface area (Å²) in [7, 11) is 0. The maximum absolute atomic E-state index is 11.8. The fourth-order valence-corrected chi connectivity index (χ4v) is 3.38. The number of carbonyl (C=O) groups is 1. The predicted octanol–water partition coefficient (Wildman–Crippen LogP) is 2.27. The van der Waals surface area contributed by atoms with Crippen LogP contribution in [-0.2, 0) is 4.79 Å². The summed E-state index contributed by atoms with van der Waals surface area (Å²) in [5, 5.41) is 7.05. The van der Waals surface area contributed by atoms with Crippen LogP contribution in [0.25, 0.3) is 0 Å². The smallest absolute Gasteiger partial charge is 0.220 e. The highest BCUT2D eigenvalue weighted by Gasteiger charge is 2.09. The average molecular weight is 364 g/mol. The van der Waals surface area contributed by atoms with Crippen LogP contribution in [0.4, 0.5) is 0 Å². The summed E-state index contributed by atoms with van der Waals surface area (Å²) in [4.78, 5) is 15.2. The number of thioether (sulfide) groups is 1. The number of nitrogens with zero attached hydrogens (tertiary/aromatic N) is 1. The lowest BCUT2D eigenvalue weighted by Gasteiger charge is -2.27. The Morgan fingerprint density at radius 2 is 2.05 bits per heavy atom. The summed E-state index contributed by atoms with van der Waals surface area (Å²) >= 11 is 7.70. The zero-order valence-corrected chi connectivity index (χ0v) is 14.9. The van der Waals surface area contributed by atoms with Crippen LogP contribution in [0.5, 0.6) is 0 Å². The Kier molecular flexibility index (Phi) is 9.91. The molecule has 7 heteroatoms. The Morgan fingerprint density at radius 3 is 2.77 bits per heavy atom. The number of nitrogens with one attached hydrogen (secondary N) is 2. The normalized spacial score (nSPS) is 15.1. The van der Waals surface area contributed by atoms with E-state index in [1.807, 2.05) is 24.3 Å². The topological polar surface area (TPSA) is 44.4 Å². The molecule has 0 radical (unpaired) electrons. The lowest BCUT2D eigenvalue weighted by Crippen LogP contribution is -2.46. The third-order valence-electron chi connectivity index (χ3n) is 3.38. The van der Waals surface area contributed by atoms with Crippen LogP contribution in [0.1, 0.15) is 6.42 Å². The molecule has 2 N–H and O–H groups in total. The maximum atomic E-state index is 11.8. The van der Waals surface area contributed by atoms with E-state index in [0.717, 1.165) is 54.9 Å². The van der Waals surface area contributed by atoms with E-state index < -0.39 is 0 Å². The predicted molar refractivity (Wildman–Crippen MR) is 96.4 cm³/mol. The van der Waals surface area contributed by atoms with Gasteiger partial charge >= 0.3 is 0 Å². The van der Waals surface area contributed by atoms with Crippen molar-refractivity contribution in [2.75, 3.05) is 45.0 Å². The molecule has 0 unspecified atom stereocenters. The van der Waals surface area contributed by atoms with Gasteiger partial charge in [0.2, 0.25) is 5.91 Å².